The second-order valence-corrected chi connectivity index (χ2v) is 5.59. The van der Waals surface area contributed by atoms with Crippen molar-refractivity contribution in [3.63, 3.8) is 0 Å². The molecule has 1 aromatic carbocycles. The maximum Gasteiger partial charge on any atom is 0.242 e. The third-order valence-corrected chi connectivity index (χ3v) is 3.85. The first-order valence-electron chi connectivity index (χ1n) is 7.54. The van der Waals surface area contributed by atoms with Gasteiger partial charge in [0.05, 0.1) is 0 Å². The van der Waals surface area contributed by atoms with Crippen LogP contribution in [0.3, 0.4) is 0 Å². The van der Waals surface area contributed by atoms with Gasteiger partial charge in [-0.05, 0) is 51.7 Å². The molecule has 21 heavy (non-hydrogen) atoms. The van der Waals surface area contributed by atoms with Crippen LogP contribution in [0.25, 0.3) is 0 Å². The highest BCUT2D eigenvalue weighted by Gasteiger charge is 2.23. The molecule has 1 atom stereocenters. The molecule has 4 heteroatoms. The molecule has 0 heterocycles. The number of carbonyl (C=O) groups is 1. The number of hydrogen-bond acceptors (Lipinski definition) is 2. The van der Waals surface area contributed by atoms with Gasteiger partial charge in [0.15, 0.2) is 0 Å². The van der Waals surface area contributed by atoms with E-state index >= 15 is 0 Å². The van der Waals surface area contributed by atoms with Gasteiger partial charge in [0, 0.05) is 24.9 Å². The van der Waals surface area contributed by atoms with Crippen LogP contribution in [0, 0.1) is 13.8 Å². The number of alkyl halides is 1. The Labute approximate surface area is 133 Å². The van der Waals surface area contributed by atoms with Crippen molar-refractivity contribution < 1.29 is 9.53 Å². The zero-order valence-electron chi connectivity index (χ0n) is 13.5. The van der Waals surface area contributed by atoms with E-state index in [2.05, 4.69) is 6.92 Å². The number of aryl methyl sites for hydroxylation is 2. The average Bonchev–Trinajstić information content (AvgIpc) is 2.46. The van der Waals surface area contributed by atoms with Gasteiger partial charge in [-0.2, -0.15) is 0 Å². The molecule has 0 radical (unpaired) electrons. The molecule has 0 spiro atoms. The molecule has 0 aliphatic heterocycles. The van der Waals surface area contributed by atoms with Crippen LogP contribution in [-0.4, -0.2) is 31.0 Å². The molecule has 1 amide bonds. The second-order valence-electron chi connectivity index (χ2n) is 5.33. The first-order valence-corrected chi connectivity index (χ1v) is 8.08. The van der Waals surface area contributed by atoms with Gasteiger partial charge >= 0.3 is 0 Å². The van der Waals surface area contributed by atoms with Crippen LogP contribution in [0.4, 0.5) is 5.69 Å². The van der Waals surface area contributed by atoms with Crippen molar-refractivity contribution >= 4 is 23.2 Å². The first kappa shape index (κ1) is 18.0. The lowest BCUT2D eigenvalue weighted by Gasteiger charge is -2.31. The van der Waals surface area contributed by atoms with E-state index in [1.807, 2.05) is 43.9 Å². The van der Waals surface area contributed by atoms with Crippen molar-refractivity contribution in [2.45, 2.75) is 46.6 Å². The van der Waals surface area contributed by atoms with Crippen LogP contribution < -0.4 is 4.90 Å². The van der Waals surface area contributed by atoms with Crippen molar-refractivity contribution in [1.82, 2.24) is 0 Å². The lowest BCUT2D eigenvalue weighted by molar-refractivity contribution is -0.116. The quantitative estimate of drug-likeness (QED) is 0.535. The number of ether oxygens (including phenoxy) is 1. The maximum atomic E-state index is 12.3. The Hall–Kier alpha value is -1.06. The summed E-state index contributed by atoms with van der Waals surface area (Å²) in [5.41, 5.74) is 3.20. The van der Waals surface area contributed by atoms with E-state index < -0.39 is 0 Å². The molecule has 0 saturated carbocycles. The van der Waals surface area contributed by atoms with Gasteiger partial charge in [0.1, 0.15) is 5.88 Å². The van der Waals surface area contributed by atoms with E-state index in [0.717, 1.165) is 42.9 Å². The first-order chi connectivity index (χ1) is 10.0. The molecular weight excluding hydrogens is 286 g/mol. The summed E-state index contributed by atoms with van der Waals surface area (Å²) >= 11 is 5.81. The highest BCUT2D eigenvalue weighted by Crippen LogP contribution is 2.28. The molecule has 3 nitrogen and oxygen atoms in total. The van der Waals surface area contributed by atoms with Crippen LogP contribution in [0.15, 0.2) is 18.2 Å². The summed E-state index contributed by atoms with van der Waals surface area (Å²) in [7, 11) is 0. The molecule has 0 aliphatic rings. The van der Waals surface area contributed by atoms with Gasteiger partial charge in [-0.3, -0.25) is 4.79 Å². The molecule has 0 bridgehead atoms. The van der Waals surface area contributed by atoms with Crippen LogP contribution in [0.2, 0.25) is 0 Å². The summed E-state index contributed by atoms with van der Waals surface area (Å²) in [6.45, 7) is 9.59. The molecule has 0 aromatic heterocycles. The number of carbonyl (C=O) groups excluding carboxylic acids is 1. The van der Waals surface area contributed by atoms with Gasteiger partial charge in [0.25, 0.3) is 0 Å². The molecule has 0 aliphatic carbocycles. The Morgan fingerprint density at radius 2 is 1.95 bits per heavy atom. The number of para-hydroxylation sites is 1. The molecule has 1 unspecified atom stereocenters. The van der Waals surface area contributed by atoms with E-state index in [-0.39, 0.29) is 17.8 Å². The number of nitrogens with zero attached hydrogens (tertiary/aromatic N) is 1. The monoisotopic (exact) mass is 311 g/mol. The lowest BCUT2D eigenvalue weighted by atomic mass is 10.0. The molecule has 0 fully saturated rings. The smallest absolute Gasteiger partial charge is 0.242 e. The highest BCUT2D eigenvalue weighted by molar-refractivity contribution is 6.29. The molecule has 1 aromatic rings. The summed E-state index contributed by atoms with van der Waals surface area (Å²) in [4.78, 5) is 14.2. The fraction of sp³-hybridized carbons (Fsp3) is 0.588. The Morgan fingerprint density at radius 3 is 2.48 bits per heavy atom. The summed E-state index contributed by atoms with van der Waals surface area (Å²) < 4.78 is 5.37. The largest absolute Gasteiger partial charge is 0.382 e. The topological polar surface area (TPSA) is 29.5 Å². The number of hydrogen-bond donors (Lipinski definition) is 0. The minimum Gasteiger partial charge on any atom is -0.382 e. The van der Waals surface area contributed by atoms with Crippen LogP contribution in [0.1, 0.15) is 37.8 Å². The molecular formula is C17H26ClNO2. The Balaban J connectivity index is 2.93. The van der Waals surface area contributed by atoms with E-state index in [0.29, 0.717) is 0 Å². The van der Waals surface area contributed by atoms with Crippen LogP contribution in [-0.2, 0) is 9.53 Å². The maximum absolute atomic E-state index is 12.3. The minimum atomic E-state index is -0.0435. The summed E-state index contributed by atoms with van der Waals surface area (Å²) in [5, 5.41) is 0. The number of amides is 1. The summed E-state index contributed by atoms with van der Waals surface area (Å²) in [5.74, 6) is -0.0400. The van der Waals surface area contributed by atoms with Gasteiger partial charge in [-0.15, -0.1) is 11.6 Å². The molecule has 1 rings (SSSR count). The van der Waals surface area contributed by atoms with Crippen molar-refractivity contribution in [3.8, 4) is 0 Å². The predicted molar refractivity (Wildman–Crippen MR) is 89.3 cm³/mol. The van der Waals surface area contributed by atoms with E-state index in [1.165, 1.54) is 0 Å². The fourth-order valence-electron chi connectivity index (χ4n) is 2.60. The highest BCUT2D eigenvalue weighted by atomic mass is 35.5. The Kier molecular flexibility index (Phi) is 7.76. The van der Waals surface area contributed by atoms with Crippen molar-refractivity contribution in [2.75, 3.05) is 24.0 Å². The summed E-state index contributed by atoms with van der Waals surface area (Å²) in [6, 6.07) is 6.18. The number of anilines is 1. The van der Waals surface area contributed by atoms with Crippen molar-refractivity contribution in [1.29, 1.82) is 0 Å². The Morgan fingerprint density at radius 1 is 1.33 bits per heavy atom. The summed E-state index contributed by atoms with van der Waals surface area (Å²) in [6.07, 6.45) is 1.84. The van der Waals surface area contributed by atoms with E-state index in [9.17, 15) is 4.79 Å². The van der Waals surface area contributed by atoms with Crippen molar-refractivity contribution in [3.05, 3.63) is 29.3 Å². The molecule has 0 saturated heterocycles. The van der Waals surface area contributed by atoms with Gasteiger partial charge in [-0.1, -0.05) is 18.2 Å². The SMILES string of the molecule is CCOCCCC(C)N(C(=O)CCl)c1c(C)cccc1C. The minimum absolute atomic E-state index is 0.00355. The zero-order valence-corrected chi connectivity index (χ0v) is 14.2. The van der Waals surface area contributed by atoms with Gasteiger partial charge in [-0.25, -0.2) is 0 Å². The van der Waals surface area contributed by atoms with Gasteiger partial charge in [0.2, 0.25) is 5.91 Å². The molecule has 0 N–H and O–H groups in total. The second kappa shape index (κ2) is 9.06. The van der Waals surface area contributed by atoms with E-state index in [4.69, 9.17) is 16.3 Å². The number of benzene rings is 1. The lowest BCUT2D eigenvalue weighted by Crippen LogP contribution is -2.40. The van der Waals surface area contributed by atoms with Gasteiger partial charge < -0.3 is 9.64 Å². The predicted octanol–water partition coefficient (Wildman–Crippen LogP) is 4.08. The number of halogens is 1. The number of rotatable bonds is 8. The standard InChI is InChI=1S/C17H26ClNO2/c1-5-21-11-7-10-15(4)19(16(20)12-18)17-13(2)8-6-9-14(17)3/h6,8-9,15H,5,7,10-12H2,1-4H3. The van der Waals surface area contributed by atoms with Crippen LogP contribution in [0.5, 0.6) is 0 Å². The third kappa shape index (κ3) is 5.01. The zero-order chi connectivity index (χ0) is 15.8. The van der Waals surface area contributed by atoms with E-state index in [1.54, 1.807) is 0 Å². The average molecular weight is 312 g/mol. The van der Waals surface area contributed by atoms with Crippen molar-refractivity contribution in [2.24, 2.45) is 0 Å². The Bertz CT molecular complexity index is 442. The normalized spacial score (nSPS) is 12.2. The molecule has 118 valence electrons. The van der Waals surface area contributed by atoms with Crippen LogP contribution >= 0.6 is 11.6 Å². The third-order valence-electron chi connectivity index (χ3n) is 3.62. The fourth-order valence-corrected chi connectivity index (χ4v) is 2.72.